The summed E-state index contributed by atoms with van der Waals surface area (Å²) in [4.78, 5) is 40.6. The summed E-state index contributed by atoms with van der Waals surface area (Å²) in [5.74, 6) is -0.903. The van der Waals surface area contributed by atoms with Crippen molar-refractivity contribution in [2.75, 3.05) is 39.9 Å². The van der Waals surface area contributed by atoms with Gasteiger partial charge in [-0.05, 0) is 50.8 Å². The molecule has 3 aliphatic heterocycles. The molecule has 4 rings (SSSR count). The van der Waals surface area contributed by atoms with E-state index in [2.05, 4.69) is 4.90 Å². The van der Waals surface area contributed by atoms with Gasteiger partial charge in [0, 0.05) is 38.9 Å². The molecule has 3 aliphatic rings. The predicted molar refractivity (Wildman–Crippen MR) is 122 cm³/mol. The third-order valence-electron chi connectivity index (χ3n) is 7.26. The summed E-state index contributed by atoms with van der Waals surface area (Å²) in [6.45, 7) is 7.72. The molecule has 0 bridgehead atoms. The highest BCUT2D eigenvalue weighted by Crippen LogP contribution is 2.33. The van der Waals surface area contributed by atoms with E-state index in [9.17, 15) is 19.5 Å². The minimum Gasteiger partial charge on any atom is -0.457 e. The molecule has 0 aromatic heterocycles. The molecule has 1 amide bonds. The van der Waals surface area contributed by atoms with Crippen LogP contribution in [0.2, 0.25) is 0 Å². The zero-order chi connectivity index (χ0) is 24.6. The van der Waals surface area contributed by atoms with Crippen LogP contribution in [0.1, 0.15) is 59.8 Å². The molecular formula is C25H32N2O7. The number of rotatable bonds is 7. The van der Waals surface area contributed by atoms with Gasteiger partial charge in [-0.25, -0.2) is 9.59 Å². The second kappa shape index (κ2) is 9.48. The second-order valence-electron chi connectivity index (χ2n) is 9.14. The molecule has 3 heterocycles. The van der Waals surface area contributed by atoms with Crippen LogP contribution in [0.4, 0.5) is 0 Å². The topological polar surface area (TPSA) is 106 Å². The van der Waals surface area contributed by atoms with Gasteiger partial charge in [-0.1, -0.05) is 6.07 Å². The van der Waals surface area contributed by atoms with E-state index >= 15 is 0 Å². The van der Waals surface area contributed by atoms with Crippen LogP contribution in [-0.4, -0.2) is 78.2 Å². The fraction of sp³-hybridized carbons (Fsp3) is 0.560. The summed E-state index contributed by atoms with van der Waals surface area (Å²) in [7, 11) is 1.66. The van der Waals surface area contributed by atoms with Gasteiger partial charge in [0.2, 0.25) is 0 Å². The molecule has 1 N–H and O–H groups in total. The molecule has 1 saturated heterocycles. The first-order valence-electron chi connectivity index (χ1n) is 11.7. The number of ether oxygens (including phenoxy) is 3. The lowest BCUT2D eigenvalue weighted by Gasteiger charge is -2.42. The number of fused-ring (bicyclic) bond motifs is 1. The Bertz CT molecular complexity index is 1040. The van der Waals surface area contributed by atoms with Crippen molar-refractivity contribution in [1.82, 2.24) is 9.80 Å². The lowest BCUT2D eigenvalue weighted by Crippen LogP contribution is -2.56. The summed E-state index contributed by atoms with van der Waals surface area (Å²) >= 11 is 0. The maximum atomic E-state index is 13.5. The summed E-state index contributed by atoms with van der Waals surface area (Å²) in [6.07, 6.45) is 0.223. The minimum absolute atomic E-state index is 0.0875. The predicted octanol–water partition coefficient (Wildman–Crippen LogP) is 1.86. The van der Waals surface area contributed by atoms with Crippen molar-refractivity contribution in [3.8, 4) is 0 Å². The van der Waals surface area contributed by atoms with Crippen molar-refractivity contribution < 1.29 is 33.7 Å². The fourth-order valence-corrected chi connectivity index (χ4v) is 5.11. The lowest BCUT2D eigenvalue weighted by molar-refractivity contribution is -0.162. The number of aliphatic hydroxyl groups excluding tert-OH is 1. The Hall–Kier alpha value is -2.75. The third kappa shape index (κ3) is 4.23. The zero-order valence-corrected chi connectivity index (χ0v) is 20.2. The number of likely N-dealkylation sites (tertiary alicyclic amines) is 1. The van der Waals surface area contributed by atoms with Gasteiger partial charge in [-0.2, -0.15) is 0 Å². The maximum absolute atomic E-state index is 13.5. The summed E-state index contributed by atoms with van der Waals surface area (Å²) in [5.41, 5.74) is 3.10. The summed E-state index contributed by atoms with van der Waals surface area (Å²) in [5, 5.41) is 11.0. The number of carbonyl (C=O) groups excluding carboxylic acids is 3. The monoisotopic (exact) mass is 472 g/mol. The van der Waals surface area contributed by atoms with Crippen LogP contribution in [0.3, 0.4) is 0 Å². The largest absolute Gasteiger partial charge is 0.457 e. The van der Waals surface area contributed by atoms with E-state index in [1.165, 1.54) is 4.90 Å². The quantitative estimate of drug-likeness (QED) is 0.600. The average Bonchev–Trinajstić information content (AvgIpc) is 3.37. The van der Waals surface area contributed by atoms with Crippen molar-refractivity contribution in [3.63, 3.8) is 0 Å². The molecule has 1 fully saturated rings. The van der Waals surface area contributed by atoms with Crippen molar-refractivity contribution in [3.05, 3.63) is 45.7 Å². The summed E-state index contributed by atoms with van der Waals surface area (Å²) in [6, 6.07) is 3.51. The van der Waals surface area contributed by atoms with E-state index in [4.69, 9.17) is 14.2 Å². The number of esters is 2. The third-order valence-corrected chi connectivity index (χ3v) is 7.26. The number of hydrogen-bond acceptors (Lipinski definition) is 8. The first-order valence-corrected chi connectivity index (χ1v) is 11.7. The molecule has 1 atom stereocenters. The Morgan fingerprint density at radius 2 is 1.85 bits per heavy atom. The smallest absolute Gasteiger partial charge is 0.338 e. The standard InChI is InChI=1S/C25H32N2O7/c1-5-34-25(24(31)26(4)20-14-33-22(29)16(20)3)8-10-27(11-9-25)12-21(28)17-6-7-18-19(15(17)2)13-32-23(18)30/h6-7,21,28H,5,8-14H2,1-4H3/t21-/m1/s1. The molecule has 0 unspecified atom stereocenters. The van der Waals surface area contributed by atoms with Gasteiger partial charge in [0.05, 0.1) is 22.9 Å². The van der Waals surface area contributed by atoms with Crippen LogP contribution in [0.15, 0.2) is 23.4 Å². The van der Waals surface area contributed by atoms with Gasteiger partial charge in [0.15, 0.2) is 0 Å². The number of piperidine rings is 1. The molecule has 0 aliphatic carbocycles. The Labute approximate surface area is 199 Å². The number of carbonyl (C=O) groups is 3. The number of amides is 1. The Morgan fingerprint density at radius 3 is 2.47 bits per heavy atom. The van der Waals surface area contributed by atoms with Gasteiger partial charge < -0.3 is 29.1 Å². The van der Waals surface area contributed by atoms with E-state index in [0.717, 1.165) is 16.7 Å². The highest BCUT2D eigenvalue weighted by molar-refractivity contribution is 5.94. The number of hydrogen-bond donors (Lipinski definition) is 1. The lowest BCUT2D eigenvalue weighted by atomic mass is 9.88. The highest BCUT2D eigenvalue weighted by atomic mass is 16.5. The van der Waals surface area contributed by atoms with Crippen molar-refractivity contribution in [2.24, 2.45) is 0 Å². The number of β-amino-alcohol motifs (C(OH)–C–C–N with tert-alkyl or cyclic N) is 1. The first kappa shape index (κ1) is 24.4. The second-order valence-corrected chi connectivity index (χ2v) is 9.14. The Morgan fingerprint density at radius 1 is 1.18 bits per heavy atom. The van der Waals surface area contributed by atoms with Crippen LogP contribution >= 0.6 is 0 Å². The first-order chi connectivity index (χ1) is 16.2. The van der Waals surface area contributed by atoms with Crippen LogP contribution in [0.25, 0.3) is 0 Å². The van der Waals surface area contributed by atoms with Crippen LogP contribution in [0.5, 0.6) is 0 Å². The molecule has 9 nitrogen and oxygen atoms in total. The minimum atomic E-state index is -0.981. The van der Waals surface area contributed by atoms with Gasteiger partial charge in [-0.3, -0.25) is 4.79 Å². The molecule has 34 heavy (non-hydrogen) atoms. The van der Waals surface area contributed by atoms with Crippen LogP contribution < -0.4 is 0 Å². The number of nitrogens with zero attached hydrogens (tertiary/aromatic N) is 2. The number of cyclic esters (lactones) is 2. The van der Waals surface area contributed by atoms with Gasteiger partial charge in [0.25, 0.3) is 5.91 Å². The van der Waals surface area contributed by atoms with Gasteiger partial charge >= 0.3 is 11.9 Å². The van der Waals surface area contributed by atoms with E-state index in [1.54, 1.807) is 26.1 Å². The normalized spacial score (nSPS) is 20.7. The summed E-state index contributed by atoms with van der Waals surface area (Å²) < 4.78 is 16.2. The fourth-order valence-electron chi connectivity index (χ4n) is 5.11. The number of likely N-dealkylation sites (N-methyl/N-ethyl adjacent to an activating group) is 1. The molecule has 184 valence electrons. The van der Waals surface area contributed by atoms with E-state index in [0.29, 0.717) is 55.9 Å². The molecule has 0 saturated carbocycles. The van der Waals surface area contributed by atoms with Crippen LogP contribution in [-0.2, 0) is 30.4 Å². The van der Waals surface area contributed by atoms with Gasteiger partial charge in [0.1, 0.15) is 18.8 Å². The van der Waals surface area contributed by atoms with E-state index in [1.807, 2.05) is 13.8 Å². The Kier molecular flexibility index (Phi) is 6.80. The van der Waals surface area contributed by atoms with Gasteiger partial charge in [-0.15, -0.1) is 0 Å². The SMILES string of the molecule is CCOC1(C(=O)N(C)C2=C(C)C(=O)OC2)CCN(C[C@@H](O)c2ccc3c(c2C)COC3=O)CC1. The maximum Gasteiger partial charge on any atom is 0.338 e. The molecule has 1 aromatic carbocycles. The highest BCUT2D eigenvalue weighted by Gasteiger charge is 2.45. The van der Waals surface area contributed by atoms with Crippen LogP contribution in [0, 0.1) is 6.92 Å². The number of benzene rings is 1. The molecule has 0 radical (unpaired) electrons. The molecular weight excluding hydrogens is 440 g/mol. The zero-order valence-electron chi connectivity index (χ0n) is 20.2. The van der Waals surface area contributed by atoms with Crippen molar-refractivity contribution in [2.45, 2.75) is 51.9 Å². The van der Waals surface area contributed by atoms with E-state index < -0.39 is 17.7 Å². The Balaban J connectivity index is 1.43. The molecule has 1 aromatic rings. The van der Waals surface area contributed by atoms with Crippen molar-refractivity contribution in [1.29, 1.82) is 0 Å². The molecule has 0 spiro atoms. The average molecular weight is 473 g/mol. The van der Waals surface area contributed by atoms with Crippen molar-refractivity contribution >= 4 is 17.8 Å². The van der Waals surface area contributed by atoms with E-state index in [-0.39, 0.29) is 25.1 Å². The molecule has 9 heteroatoms. The number of aliphatic hydroxyl groups is 1.